The summed E-state index contributed by atoms with van der Waals surface area (Å²) in [6.45, 7) is 1.40. The van der Waals surface area contributed by atoms with E-state index in [2.05, 4.69) is 5.32 Å². The number of rotatable bonds is 4. The van der Waals surface area contributed by atoms with Crippen molar-refractivity contribution in [2.24, 2.45) is 0 Å². The third-order valence-corrected chi connectivity index (χ3v) is 3.58. The minimum atomic E-state index is -3.47. The molecule has 1 N–H and O–H groups in total. The minimum absolute atomic E-state index is 0.174. The van der Waals surface area contributed by atoms with Gasteiger partial charge in [0, 0.05) is 11.8 Å². The zero-order valence-corrected chi connectivity index (χ0v) is 9.85. The van der Waals surface area contributed by atoms with E-state index < -0.39 is 33.1 Å². The lowest BCUT2D eigenvalue weighted by atomic mass is 10.3. The number of carbonyl (C=O) groups is 1. The third kappa shape index (κ3) is 4.10. The van der Waals surface area contributed by atoms with Gasteiger partial charge >= 0.3 is 0 Å². The second-order valence-corrected chi connectivity index (χ2v) is 5.70. The largest absolute Gasteiger partial charge is 0.323 e. The fourth-order valence-corrected chi connectivity index (χ4v) is 1.75. The molecular formula is C10H11F2NO3S. The zero-order valence-electron chi connectivity index (χ0n) is 9.04. The van der Waals surface area contributed by atoms with Gasteiger partial charge in [0.05, 0.1) is 5.69 Å². The molecule has 4 nitrogen and oxygen atoms in total. The molecule has 1 aromatic rings. The summed E-state index contributed by atoms with van der Waals surface area (Å²) in [6, 6.07) is 2.60. The topological polar surface area (TPSA) is 63.2 Å². The molecule has 17 heavy (non-hydrogen) atoms. The summed E-state index contributed by atoms with van der Waals surface area (Å²) in [5.74, 6) is -3.47. The Balaban J connectivity index is 2.75. The van der Waals surface area contributed by atoms with Crippen LogP contribution in [0, 0.1) is 11.6 Å². The van der Waals surface area contributed by atoms with Crippen molar-refractivity contribution < 1.29 is 22.0 Å². The molecule has 0 unspecified atom stereocenters. The van der Waals surface area contributed by atoms with Crippen molar-refractivity contribution >= 4 is 21.4 Å². The van der Waals surface area contributed by atoms with Gasteiger partial charge in [-0.25, -0.2) is 17.2 Å². The monoisotopic (exact) mass is 263 g/mol. The lowest BCUT2D eigenvalue weighted by Gasteiger charge is -2.06. The average molecular weight is 263 g/mol. The molecule has 94 valence electrons. The molecule has 0 atom stereocenters. The molecule has 0 bridgehead atoms. The predicted molar refractivity (Wildman–Crippen MR) is 59.3 cm³/mol. The van der Waals surface area contributed by atoms with Crippen LogP contribution in [-0.4, -0.2) is 25.8 Å². The molecule has 0 saturated heterocycles. The Bertz CT molecular complexity index is 528. The van der Waals surface area contributed by atoms with Gasteiger partial charge in [0.1, 0.15) is 17.4 Å². The molecule has 0 aliphatic carbocycles. The van der Waals surface area contributed by atoms with E-state index in [1.165, 1.54) is 6.92 Å². The van der Waals surface area contributed by atoms with Gasteiger partial charge in [0.25, 0.3) is 0 Å². The van der Waals surface area contributed by atoms with Crippen LogP contribution in [0.25, 0.3) is 0 Å². The zero-order chi connectivity index (χ0) is 13.1. The van der Waals surface area contributed by atoms with Gasteiger partial charge in [-0.05, 0) is 12.1 Å². The molecule has 1 aromatic carbocycles. The van der Waals surface area contributed by atoms with Crippen molar-refractivity contribution in [1.29, 1.82) is 0 Å². The smallest absolute Gasteiger partial charge is 0.239 e. The molecule has 0 spiro atoms. The van der Waals surface area contributed by atoms with Crippen LogP contribution in [0.2, 0.25) is 0 Å². The summed E-state index contributed by atoms with van der Waals surface area (Å²) in [7, 11) is -3.47. The average Bonchev–Trinajstić information content (AvgIpc) is 2.21. The van der Waals surface area contributed by atoms with E-state index in [4.69, 9.17) is 0 Å². The third-order valence-electron chi connectivity index (χ3n) is 2.00. The SMILES string of the molecule is CCS(=O)(=O)CC(=O)Nc1ccc(F)cc1F. The van der Waals surface area contributed by atoms with E-state index in [-0.39, 0.29) is 11.4 Å². The highest BCUT2D eigenvalue weighted by Gasteiger charge is 2.15. The Morgan fingerprint density at radius 3 is 2.53 bits per heavy atom. The summed E-state index contributed by atoms with van der Waals surface area (Å²) in [5.41, 5.74) is -0.247. The van der Waals surface area contributed by atoms with Crippen molar-refractivity contribution in [2.45, 2.75) is 6.92 Å². The maximum absolute atomic E-state index is 13.1. The van der Waals surface area contributed by atoms with Gasteiger partial charge in [-0.15, -0.1) is 0 Å². The molecule has 0 aromatic heterocycles. The summed E-state index contributed by atoms with van der Waals surface area (Å²) in [5, 5.41) is 2.07. The van der Waals surface area contributed by atoms with Gasteiger partial charge in [0.15, 0.2) is 9.84 Å². The van der Waals surface area contributed by atoms with Gasteiger partial charge in [-0.2, -0.15) is 0 Å². The Morgan fingerprint density at radius 2 is 2.00 bits per heavy atom. The molecule has 0 aliphatic rings. The van der Waals surface area contributed by atoms with E-state index in [9.17, 15) is 22.0 Å². The summed E-state index contributed by atoms with van der Waals surface area (Å²) in [6.07, 6.45) is 0. The van der Waals surface area contributed by atoms with Crippen LogP contribution in [0.5, 0.6) is 0 Å². The summed E-state index contributed by atoms with van der Waals surface area (Å²) in [4.78, 5) is 11.3. The van der Waals surface area contributed by atoms with Crippen molar-refractivity contribution in [3.63, 3.8) is 0 Å². The Labute approximate surface area is 97.6 Å². The number of anilines is 1. The molecule has 0 radical (unpaired) electrons. The van der Waals surface area contributed by atoms with E-state index in [1.54, 1.807) is 0 Å². The molecule has 1 amide bonds. The van der Waals surface area contributed by atoms with E-state index >= 15 is 0 Å². The number of hydrogen-bond donors (Lipinski definition) is 1. The van der Waals surface area contributed by atoms with E-state index in [1.807, 2.05) is 0 Å². The highest BCUT2D eigenvalue weighted by atomic mass is 32.2. The maximum Gasteiger partial charge on any atom is 0.239 e. The molecule has 7 heteroatoms. The summed E-state index contributed by atoms with van der Waals surface area (Å²) >= 11 is 0. The lowest BCUT2D eigenvalue weighted by molar-refractivity contribution is -0.113. The quantitative estimate of drug-likeness (QED) is 0.891. The number of carbonyl (C=O) groups excluding carboxylic acids is 1. The van der Waals surface area contributed by atoms with Crippen LogP contribution in [0.15, 0.2) is 18.2 Å². The fourth-order valence-electron chi connectivity index (χ4n) is 1.08. The van der Waals surface area contributed by atoms with Crippen molar-refractivity contribution in [3.05, 3.63) is 29.8 Å². The van der Waals surface area contributed by atoms with Crippen LogP contribution in [0.3, 0.4) is 0 Å². The normalized spacial score (nSPS) is 11.2. The first kappa shape index (κ1) is 13.6. The van der Waals surface area contributed by atoms with Crippen molar-refractivity contribution in [3.8, 4) is 0 Å². The number of nitrogens with one attached hydrogen (secondary N) is 1. The van der Waals surface area contributed by atoms with Crippen LogP contribution in [0.4, 0.5) is 14.5 Å². The van der Waals surface area contributed by atoms with E-state index in [0.29, 0.717) is 6.07 Å². The molecular weight excluding hydrogens is 252 g/mol. The highest BCUT2D eigenvalue weighted by Crippen LogP contribution is 2.14. The lowest BCUT2D eigenvalue weighted by Crippen LogP contribution is -2.24. The van der Waals surface area contributed by atoms with Crippen LogP contribution >= 0.6 is 0 Å². The molecule has 0 fully saturated rings. The first-order chi connectivity index (χ1) is 7.84. The predicted octanol–water partition coefficient (Wildman–Crippen LogP) is 1.34. The Hall–Kier alpha value is -1.50. The van der Waals surface area contributed by atoms with E-state index in [0.717, 1.165) is 12.1 Å². The molecule has 0 heterocycles. The first-order valence-electron chi connectivity index (χ1n) is 4.79. The Kier molecular flexibility index (Phi) is 4.17. The van der Waals surface area contributed by atoms with Gasteiger partial charge < -0.3 is 5.32 Å². The number of amides is 1. The number of sulfone groups is 1. The number of hydrogen-bond acceptors (Lipinski definition) is 3. The van der Waals surface area contributed by atoms with Crippen LogP contribution < -0.4 is 5.32 Å². The molecule has 1 rings (SSSR count). The van der Waals surface area contributed by atoms with Crippen molar-refractivity contribution in [2.75, 3.05) is 16.8 Å². The molecule has 0 saturated carbocycles. The van der Waals surface area contributed by atoms with Crippen molar-refractivity contribution in [1.82, 2.24) is 0 Å². The standard InChI is InChI=1S/C10H11F2NO3S/c1-2-17(15,16)6-10(14)13-9-4-3-7(11)5-8(9)12/h3-5H,2,6H2,1H3,(H,13,14). The first-order valence-corrected chi connectivity index (χ1v) is 6.61. The minimum Gasteiger partial charge on any atom is -0.323 e. The highest BCUT2D eigenvalue weighted by molar-refractivity contribution is 7.92. The van der Waals surface area contributed by atoms with Crippen LogP contribution in [0.1, 0.15) is 6.92 Å². The van der Waals surface area contributed by atoms with Crippen LogP contribution in [-0.2, 0) is 14.6 Å². The molecule has 0 aliphatic heterocycles. The second-order valence-electron chi connectivity index (χ2n) is 3.35. The van der Waals surface area contributed by atoms with Gasteiger partial charge in [-0.1, -0.05) is 6.92 Å². The van der Waals surface area contributed by atoms with Gasteiger partial charge in [-0.3, -0.25) is 4.79 Å². The fraction of sp³-hybridized carbons (Fsp3) is 0.300. The second kappa shape index (κ2) is 5.22. The number of benzene rings is 1. The number of halogens is 2. The summed E-state index contributed by atoms with van der Waals surface area (Å²) < 4.78 is 47.9. The Morgan fingerprint density at radius 1 is 1.35 bits per heavy atom. The maximum atomic E-state index is 13.1. The van der Waals surface area contributed by atoms with Gasteiger partial charge in [0.2, 0.25) is 5.91 Å².